The second kappa shape index (κ2) is 4.95. The highest BCUT2D eigenvalue weighted by atomic mass is 16.6. The van der Waals surface area contributed by atoms with Gasteiger partial charge in [0.1, 0.15) is 19.8 Å². The molecule has 0 saturated carbocycles. The molecule has 1 aromatic rings. The van der Waals surface area contributed by atoms with E-state index in [0.29, 0.717) is 35.8 Å². The van der Waals surface area contributed by atoms with Crippen molar-refractivity contribution in [3.63, 3.8) is 0 Å². The van der Waals surface area contributed by atoms with E-state index in [1.807, 2.05) is 0 Å². The van der Waals surface area contributed by atoms with Crippen LogP contribution in [0, 0.1) is 6.92 Å². The van der Waals surface area contributed by atoms with E-state index in [9.17, 15) is 9.59 Å². The summed E-state index contributed by atoms with van der Waals surface area (Å²) in [5, 5.41) is 10.8. The number of rotatable bonds is 3. The Morgan fingerprint density at radius 3 is 2.50 bits per heavy atom. The molecule has 2 N–H and O–H groups in total. The van der Waals surface area contributed by atoms with Crippen LogP contribution in [0.2, 0.25) is 0 Å². The summed E-state index contributed by atoms with van der Waals surface area (Å²) in [6.45, 7) is 2.27. The zero-order valence-corrected chi connectivity index (χ0v) is 9.86. The second-order valence-electron chi connectivity index (χ2n) is 3.89. The van der Waals surface area contributed by atoms with E-state index in [4.69, 9.17) is 14.6 Å². The van der Waals surface area contributed by atoms with E-state index < -0.39 is 18.4 Å². The van der Waals surface area contributed by atoms with E-state index >= 15 is 0 Å². The summed E-state index contributed by atoms with van der Waals surface area (Å²) in [6, 6.07) is 3.28. The van der Waals surface area contributed by atoms with Gasteiger partial charge in [0.05, 0.1) is 0 Å². The molecule has 2 rings (SSSR count). The van der Waals surface area contributed by atoms with Crippen molar-refractivity contribution in [1.29, 1.82) is 0 Å². The minimum Gasteiger partial charge on any atom is -0.486 e. The van der Waals surface area contributed by atoms with Crippen molar-refractivity contribution in [3.05, 3.63) is 23.3 Å². The topological polar surface area (TPSA) is 84.9 Å². The number of hydrogen-bond donors (Lipinski definition) is 2. The van der Waals surface area contributed by atoms with E-state index in [-0.39, 0.29) is 0 Å². The minimum atomic E-state index is -1.08. The standard InChI is InChI=1S/C12H13NO5/c1-7-4-9-10(18-3-2-17-9)5-8(7)12(16)13-6-11(14)15/h4-5H,2-3,6H2,1H3,(H,13,16)(H,14,15). The van der Waals surface area contributed by atoms with Gasteiger partial charge in [-0.3, -0.25) is 9.59 Å². The quantitative estimate of drug-likeness (QED) is 0.820. The first-order valence-electron chi connectivity index (χ1n) is 5.48. The third-order valence-corrected chi connectivity index (χ3v) is 2.53. The molecule has 6 heteroatoms. The van der Waals surface area contributed by atoms with Crippen LogP contribution >= 0.6 is 0 Å². The van der Waals surface area contributed by atoms with Gasteiger partial charge in [-0.1, -0.05) is 0 Å². The number of carboxylic acid groups (broad SMARTS) is 1. The number of amides is 1. The first kappa shape index (κ1) is 12.2. The lowest BCUT2D eigenvalue weighted by Crippen LogP contribution is -2.30. The molecule has 0 atom stereocenters. The Labute approximate surface area is 104 Å². The van der Waals surface area contributed by atoms with Crippen LogP contribution in [-0.2, 0) is 4.79 Å². The zero-order valence-electron chi connectivity index (χ0n) is 9.86. The van der Waals surface area contributed by atoms with Crippen molar-refractivity contribution < 1.29 is 24.2 Å². The molecule has 1 amide bonds. The predicted molar refractivity (Wildman–Crippen MR) is 62.1 cm³/mol. The third kappa shape index (κ3) is 2.53. The fraction of sp³-hybridized carbons (Fsp3) is 0.333. The monoisotopic (exact) mass is 251 g/mol. The van der Waals surface area contributed by atoms with Gasteiger partial charge in [-0.15, -0.1) is 0 Å². The van der Waals surface area contributed by atoms with Crippen LogP contribution < -0.4 is 14.8 Å². The molecule has 0 saturated heterocycles. The molecule has 1 heterocycles. The molecule has 18 heavy (non-hydrogen) atoms. The fourth-order valence-corrected chi connectivity index (χ4v) is 1.69. The number of carbonyl (C=O) groups excluding carboxylic acids is 1. The van der Waals surface area contributed by atoms with E-state index in [1.165, 1.54) is 0 Å². The van der Waals surface area contributed by atoms with Gasteiger partial charge in [-0.05, 0) is 24.6 Å². The number of carboxylic acids is 1. The smallest absolute Gasteiger partial charge is 0.322 e. The number of carbonyl (C=O) groups is 2. The Hall–Kier alpha value is -2.24. The Bertz CT molecular complexity index is 497. The predicted octanol–water partition coefficient (Wildman–Crippen LogP) is 0.581. The highest BCUT2D eigenvalue weighted by Gasteiger charge is 2.18. The van der Waals surface area contributed by atoms with Gasteiger partial charge < -0.3 is 19.9 Å². The number of aliphatic carboxylic acids is 1. The maximum absolute atomic E-state index is 11.8. The van der Waals surface area contributed by atoms with Crippen LogP contribution in [0.1, 0.15) is 15.9 Å². The van der Waals surface area contributed by atoms with Crippen molar-refractivity contribution in [3.8, 4) is 11.5 Å². The summed E-state index contributed by atoms with van der Waals surface area (Å²) >= 11 is 0. The number of aryl methyl sites for hydroxylation is 1. The average molecular weight is 251 g/mol. The Kier molecular flexibility index (Phi) is 3.36. The molecule has 0 fully saturated rings. The molecule has 6 nitrogen and oxygen atoms in total. The van der Waals surface area contributed by atoms with Crippen molar-refractivity contribution in [2.75, 3.05) is 19.8 Å². The number of benzene rings is 1. The third-order valence-electron chi connectivity index (χ3n) is 2.53. The van der Waals surface area contributed by atoms with Gasteiger partial charge in [0.25, 0.3) is 5.91 Å². The SMILES string of the molecule is Cc1cc2c(cc1C(=O)NCC(=O)O)OCCO2. The minimum absolute atomic E-state index is 0.389. The largest absolute Gasteiger partial charge is 0.486 e. The van der Waals surface area contributed by atoms with Crippen LogP contribution in [0.5, 0.6) is 11.5 Å². The Balaban J connectivity index is 2.22. The Morgan fingerprint density at radius 2 is 1.89 bits per heavy atom. The van der Waals surface area contributed by atoms with Crippen molar-refractivity contribution in [2.45, 2.75) is 6.92 Å². The number of hydrogen-bond acceptors (Lipinski definition) is 4. The van der Waals surface area contributed by atoms with E-state index in [0.717, 1.165) is 0 Å². The summed E-state index contributed by atoms with van der Waals surface area (Å²) in [7, 11) is 0. The van der Waals surface area contributed by atoms with Crippen LogP contribution in [-0.4, -0.2) is 36.7 Å². The molecular weight excluding hydrogens is 238 g/mol. The second-order valence-corrected chi connectivity index (χ2v) is 3.89. The highest BCUT2D eigenvalue weighted by molar-refractivity contribution is 5.97. The number of nitrogens with one attached hydrogen (secondary N) is 1. The Morgan fingerprint density at radius 1 is 1.28 bits per heavy atom. The van der Waals surface area contributed by atoms with Gasteiger partial charge in [0.2, 0.25) is 0 Å². The molecular formula is C12H13NO5. The van der Waals surface area contributed by atoms with Gasteiger partial charge in [0, 0.05) is 5.56 Å². The molecule has 1 aromatic carbocycles. The molecule has 1 aliphatic heterocycles. The molecule has 0 bridgehead atoms. The van der Waals surface area contributed by atoms with E-state index in [2.05, 4.69) is 5.32 Å². The zero-order chi connectivity index (χ0) is 13.1. The van der Waals surface area contributed by atoms with E-state index in [1.54, 1.807) is 19.1 Å². The van der Waals surface area contributed by atoms with Gasteiger partial charge >= 0.3 is 5.97 Å². The molecule has 0 spiro atoms. The fourth-order valence-electron chi connectivity index (χ4n) is 1.69. The van der Waals surface area contributed by atoms with Crippen molar-refractivity contribution in [2.24, 2.45) is 0 Å². The molecule has 0 unspecified atom stereocenters. The van der Waals surface area contributed by atoms with Crippen molar-refractivity contribution >= 4 is 11.9 Å². The first-order valence-corrected chi connectivity index (χ1v) is 5.48. The summed E-state index contributed by atoms with van der Waals surface area (Å²) in [6.07, 6.45) is 0. The first-order chi connectivity index (χ1) is 8.58. The molecule has 96 valence electrons. The lowest BCUT2D eigenvalue weighted by Gasteiger charge is -2.20. The van der Waals surface area contributed by atoms with Gasteiger partial charge in [-0.2, -0.15) is 0 Å². The summed E-state index contributed by atoms with van der Waals surface area (Å²) in [5.74, 6) is -0.411. The maximum Gasteiger partial charge on any atom is 0.322 e. The summed E-state index contributed by atoms with van der Waals surface area (Å²) in [5.41, 5.74) is 1.10. The van der Waals surface area contributed by atoms with Crippen LogP contribution in [0.25, 0.3) is 0 Å². The van der Waals surface area contributed by atoms with Crippen LogP contribution in [0.3, 0.4) is 0 Å². The number of fused-ring (bicyclic) bond motifs is 1. The normalized spacial score (nSPS) is 12.9. The summed E-state index contributed by atoms with van der Waals surface area (Å²) < 4.78 is 10.8. The maximum atomic E-state index is 11.8. The average Bonchev–Trinajstić information content (AvgIpc) is 2.35. The lowest BCUT2D eigenvalue weighted by molar-refractivity contribution is -0.135. The highest BCUT2D eigenvalue weighted by Crippen LogP contribution is 2.32. The van der Waals surface area contributed by atoms with Gasteiger partial charge in [0.15, 0.2) is 11.5 Å². The molecule has 1 aliphatic rings. The summed E-state index contributed by atoms with van der Waals surface area (Å²) in [4.78, 5) is 22.2. The van der Waals surface area contributed by atoms with Gasteiger partial charge in [-0.25, -0.2) is 0 Å². The molecule has 0 radical (unpaired) electrons. The molecule has 0 aliphatic carbocycles. The lowest BCUT2D eigenvalue weighted by atomic mass is 10.1. The number of ether oxygens (including phenoxy) is 2. The molecule has 0 aromatic heterocycles. The van der Waals surface area contributed by atoms with Crippen molar-refractivity contribution in [1.82, 2.24) is 5.32 Å². The van der Waals surface area contributed by atoms with Crippen LogP contribution in [0.15, 0.2) is 12.1 Å². The van der Waals surface area contributed by atoms with Crippen LogP contribution in [0.4, 0.5) is 0 Å².